The van der Waals surface area contributed by atoms with Crippen molar-refractivity contribution in [1.29, 1.82) is 0 Å². The van der Waals surface area contributed by atoms with Crippen molar-refractivity contribution in [3.63, 3.8) is 0 Å². The van der Waals surface area contributed by atoms with Crippen molar-refractivity contribution in [3.8, 4) is 0 Å². The molecule has 0 saturated carbocycles. The van der Waals surface area contributed by atoms with Gasteiger partial charge in [0, 0.05) is 12.8 Å². The fraction of sp³-hybridized carbons (Fsp3) is 0.943. The lowest BCUT2D eigenvalue weighted by atomic mass is 10.0. The molecule has 0 saturated heterocycles. The molecule has 1 amide bonds. The summed E-state index contributed by atoms with van der Waals surface area (Å²) >= 11 is 0. The predicted octanol–water partition coefficient (Wildman–Crippen LogP) is 22.4. The van der Waals surface area contributed by atoms with Gasteiger partial charge in [0.25, 0.3) is 0 Å². The van der Waals surface area contributed by atoms with Crippen LogP contribution in [0.4, 0.5) is 0 Å². The SMILES string of the molecule is CCCCCCCCCCCCCCCCCC/C=C/C(O)C(CO)NC(=O)CCCCCCCCCCCCCCCCCCCCCCCCCCCCOC(=O)CCCCCCCCCCCCCCCCC. The standard InChI is InChI=1S/C70H137NO5/c1-3-5-7-9-11-13-15-17-19-20-31-35-38-42-46-50-54-58-62-68(73)67(66-72)71-69(74)63-59-55-51-47-43-39-36-32-29-27-25-23-21-22-24-26-28-30-33-37-41-45-49-53-57-61-65-76-70(75)64-60-56-52-48-44-40-34-18-16-14-12-10-8-6-4-2/h58,62,67-68,72-73H,3-57,59-61,63-66H2,1-2H3,(H,71,74)/b62-58+. The molecule has 0 aliphatic rings. The molecule has 0 spiro atoms. The number of allylic oxidation sites excluding steroid dienone is 1. The lowest BCUT2D eigenvalue weighted by Crippen LogP contribution is -2.45. The molecule has 0 rings (SSSR count). The molecule has 6 nitrogen and oxygen atoms in total. The molecule has 0 aromatic carbocycles. The highest BCUT2D eigenvalue weighted by Gasteiger charge is 2.18. The molecule has 0 radical (unpaired) electrons. The summed E-state index contributed by atoms with van der Waals surface area (Å²) in [6, 6.07) is -0.626. The topological polar surface area (TPSA) is 95.9 Å². The smallest absolute Gasteiger partial charge is 0.305 e. The van der Waals surface area contributed by atoms with Crippen LogP contribution in [0, 0.1) is 0 Å². The summed E-state index contributed by atoms with van der Waals surface area (Å²) in [6.45, 7) is 4.95. The normalized spacial score (nSPS) is 12.5. The molecule has 2 unspecified atom stereocenters. The van der Waals surface area contributed by atoms with Gasteiger partial charge in [-0.05, 0) is 32.1 Å². The molecule has 2 atom stereocenters. The molecule has 0 aliphatic heterocycles. The van der Waals surface area contributed by atoms with Gasteiger partial charge in [0.2, 0.25) is 5.91 Å². The monoisotopic (exact) mass is 1070 g/mol. The first-order valence-electron chi connectivity index (χ1n) is 35.0. The van der Waals surface area contributed by atoms with Crippen molar-refractivity contribution in [2.45, 2.75) is 411 Å². The number of nitrogens with one attached hydrogen (secondary N) is 1. The lowest BCUT2D eigenvalue weighted by molar-refractivity contribution is -0.143. The Morgan fingerprint density at radius 1 is 0.355 bits per heavy atom. The largest absolute Gasteiger partial charge is 0.466 e. The fourth-order valence-electron chi connectivity index (χ4n) is 11.2. The number of amides is 1. The fourth-order valence-corrected chi connectivity index (χ4v) is 11.2. The summed E-state index contributed by atoms with van der Waals surface area (Å²) in [5.74, 6) is -0.0411. The van der Waals surface area contributed by atoms with Gasteiger partial charge in [-0.25, -0.2) is 0 Å². The van der Waals surface area contributed by atoms with Gasteiger partial charge in [0.1, 0.15) is 0 Å². The van der Waals surface area contributed by atoms with Crippen LogP contribution in [0.2, 0.25) is 0 Å². The van der Waals surface area contributed by atoms with Gasteiger partial charge in [-0.1, -0.05) is 366 Å². The third-order valence-electron chi connectivity index (χ3n) is 16.6. The number of hydrogen-bond acceptors (Lipinski definition) is 5. The first kappa shape index (κ1) is 74.6. The van der Waals surface area contributed by atoms with E-state index in [0.717, 1.165) is 38.5 Å². The second kappa shape index (κ2) is 66.1. The molecule has 0 fully saturated rings. The zero-order valence-electron chi connectivity index (χ0n) is 51.8. The van der Waals surface area contributed by atoms with E-state index in [2.05, 4.69) is 19.2 Å². The predicted molar refractivity (Wildman–Crippen MR) is 333 cm³/mol. The molecule has 3 N–H and O–H groups in total. The van der Waals surface area contributed by atoms with E-state index in [-0.39, 0.29) is 18.5 Å². The molecule has 0 aliphatic carbocycles. The number of carbonyl (C=O) groups excluding carboxylic acids is 2. The summed E-state index contributed by atoms with van der Waals surface area (Å²) in [5.41, 5.74) is 0. The maximum atomic E-state index is 12.5. The van der Waals surface area contributed by atoms with Gasteiger partial charge >= 0.3 is 5.97 Å². The van der Waals surface area contributed by atoms with E-state index < -0.39 is 12.1 Å². The van der Waals surface area contributed by atoms with Crippen LogP contribution < -0.4 is 5.32 Å². The van der Waals surface area contributed by atoms with Crippen LogP contribution in [0.25, 0.3) is 0 Å². The summed E-state index contributed by atoms with van der Waals surface area (Å²) in [4.78, 5) is 24.6. The van der Waals surface area contributed by atoms with Gasteiger partial charge < -0.3 is 20.3 Å². The Balaban J connectivity index is 3.36. The second-order valence-electron chi connectivity index (χ2n) is 24.2. The number of esters is 1. The summed E-state index contributed by atoms with van der Waals surface area (Å²) in [5, 5.41) is 23.2. The maximum Gasteiger partial charge on any atom is 0.305 e. The van der Waals surface area contributed by atoms with E-state index in [0.29, 0.717) is 19.4 Å². The van der Waals surface area contributed by atoms with Crippen molar-refractivity contribution in [1.82, 2.24) is 5.32 Å². The first-order valence-corrected chi connectivity index (χ1v) is 35.0. The summed E-state index contributed by atoms with van der Waals surface area (Å²) in [7, 11) is 0. The number of aliphatic hydroxyl groups excluding tert-OH is 2. The van der Waals surface area contributed by atoms with E-state index >= 15 is 0 Å². The molecule has 0 aromatic rings. The molecule has 0 aromatic heterocycles. The first-order chi connectivity index (χ1) is 37.5. The molecular formula is C70H137NO5. The highest BCUT2D eigenvalue weighted by Crippen LogP contribution is 2.19. The third-order valence-corrected chi connectivity index (χ3v) is 16.6. The molecule has 6 heteroatoms. The van der Waals surface area contributed by atoms with Gasteiger partial charge in [0.15, 0.2) is 0 Å². The second-order valence-corrected chi connectivity index (χ2v) is 24.2. The number of ether oxygens (including phenoxy) is 1. The average molecular weight is 1070 g/mol. The van der Waals surface area contributed by atoms with E-state index in [4.69, 9.17) is 4.74 Å². The van der Waals surface area contributed by atoms with E-state index in [1.165, 1.54) is 334 Å². The zero-order chi connectivity index (χ0) is 55.0. The van der Waals surface area contributed by atoms with Gasteiger partial charge in [-0.3, -0.25) is 9.59 Å². The Morgan fingerprint density at radius 3 is 0.895 bits per heavy atom. The number of carbonyl (C=O) groups is 2. The van der Waals surface area contributed by atoms with Crippen molar-refractivity contribution in [3.05, 3.63) is 12.2 Å². The Kier molecular flexibility index (Phi) is 64.9. The lowest BCUT2D eigenvalue weighted by Gasteiger charge is -2.20. The van der Waals surface area contributed by atoms with Crippen molar-refractivity contribution in [2.24, 2.45) is 0 Å². The van der Waals surface area contributed by atoms with Crippen LogP contribution in [0.1, 0.15) is 399 Å². The van der Waals surface area contributed by atoms with Crippen LogP contribution in [-0.4, -0.2) is 47.4 Å². The zero-order valence-corrected chi connectivity index (χ0v) is 51.8. The minimum atomic E-state index is -0.843. The highest BCUT2D eigenvalue weighted by atomic mass is 16.5. The van der Waals surface area contributed by atoms with Crippen LogP contribution in [-0.2, 0) is 14.3 Å². The van der Waals surface area contributed by atoms with Crippen molar-refractivity contribution in [2.75, 3.05) is 13.2 Å². The Labute approximate surface area is 476 Å². The molecule has 76 heavy (non-hydrogen) atoms. The summed E-state index contributed by atoms with van der Waals surface area (Å²) in [6.07, 6.45) is 81.4. The van der Waals surface area contributed by atoms with E-state index in [9.17, 15) is 19.8 Å². The highest BCUT2D eigenvalue weighted by molar-refractivity contribution is 5.76. The van der Waals surface area contributed by atoms with Crippen LogP contribution >= 0.6 is 0 Å². The molecule has 452 valence electrons. The number of rotatable bonds is 66. The van der Waals surface area contributed by atoms with Crippen molar-refractivity contribution < 1.29 is 24.5 Å². The van der Waals surface area contributed by atoms with Gasteiger partial charge in [-0.2, -0.15) is 0 Å². The maximum absolute atomic E-state index is 12.5. The number of unbranched alkanes of at least 4 members (excludes halogenated alkanes) is 55. The molecular weight excluding hydrogens is 935 g/mol. The quantitative estimate of drug-likeness (QED) is 0.0320. The minimum Gasteiger partial charge on any atom is -0.466 e. The molecule has 0 bridgehead atoms. The average Bonchev–Trinajstić information content (AvgIpc) is 3.42. The van der Waals surface area contributed by atoms with Crippen LogP contribution in [0.3, 0.4) is 0 Å². The number of aliphatic hydroxyl groups is 2. The third kappa shape index (κ3) is 61.8. The minimum absolute atomic E-state index is 0.0207. The van der Waals surface area contributed by atoms with Crippen LogP contribution in [0.15, 0.2) is 12.2 Å². The van der Waals surface area contributed by atoms with E-state index in [1.54, 1.807) is 6.08 Å². The Bertz CT molecular complexity index is 1140. The Hall–Kier alpha value is -1.40. The van der Waals surface area contributed by atoms with Crippen LogP contribution in [0.5, 0.6) is 0 Å². The van der Waals surface area contributed by atoms with Crippen molar-refractivity contribution >= 4 is 11.9 Å². The Morgan fingerprint density at radius 2 is 0.605 bits per heavy atom. The molecule has 0 heterocycles. The summed E-state index contributed by atoms with van der Waals surface area (Å²) < 4.78 is 5.50. The number of hydrogen-bond donors (Lipinski definition) is 3. The van der Waals surface area contributed by atoms with Gasteiger partial charge in [-0.15, -0.1) is 0 Å². The van der Waals surface area contributed by atoms with E-state index in [1.807, 2.05) is 6.08 Å². The van der Waals surface area contributed by atoms with Gasteiger partial charge in [0.05, 0.1) is 25.4 Å².